The predicted molar refractivity (Wildman–Crippen MR) is 327 cm³/mol. The van der Waals surface area contributed by atoms with Crippen LogP contribution in [0.25, 0.3) is 0 Å². The zero-order chi connectivity index (χ0) is 54.9. The number of unbranched alkanes of at least 4 members (excludes halogenated alkanes) is 38. The van der Waals surface area contributed by atoms with Crippen LogP contribution in [0.5, 0.6) is 0 Å². The van der Waals surface area contributed by atoms with Gasteiger partial charge in [0.25, 0.3) is 0 Å². The van der Waals surface area contributed by atoms with Gasteiger partial charge in [0, 0.05) is 6.42 Å². The van der Waals surface area contributed by atoms with E-state index in [1.165, 1.54) is 231 Å². The highest BCUT2D eigenvalue weighted by atomic mass is 31.2. The Balaban J connectivity index is 4.18. The van der Waals surface area contributed by atoms with Crippen molar-refractivity contribution in [3.8, 4) is 0 Å². The molecule has 75 heavy (non-hydrogen) atoms. The van der Waals surface area contributed by atoms with Gasteiger partial charge in [0.15, 0.2) is 0 Å². The Kier molecular flexibility index (Phi) is 55.5. The maximum atomic E-state index is 13.0. The second-order valence-corrected chi connectivity index (χ2v) is 24.6. The van der Waals surface area contributed by atoms with E-state index in [2.05, 4.69) is 67.8 Å². The molecular formula is C66H126N2O6P+. The van der Waals surface area contributed by atoms with Crippen molar-refractivity contribution in [1.29, 1.82) is 0 Å². The smallest absolute Gasteiger partial charge is 0.387 e. The lowest BCUT2D eigenvalue weighted by molar-refractivity contribution is -0.870. The molecule has 8 nitrogen and oxygen atoms in total. The monoisotopic (exact) mass is 1070 g/mol. The van der Waals surface area contributed by atoms with Crippen LogP contribution < -0.4 is 5.32 Å². The van der Waals surface area contributed by atoms with Gasteiger partial charge in [0.05, 0.1) is 39.9 Å². The average molecular weight is 1070 g/mol. The summed E-state index contributed by atoms with van der Waals surface area (Å²) in [5.41, 5.74) is 0. The van der Waals surface area contributed by atoms with Gasteiger partial charge in [-0.05, 0) is 77.0 Å². The first kappa shape index (κ1) is 73.2. The largest absolute Gasteiger partial charge is 0.472 e. The van der Waals surface area contributed by atoms with Crippen LogP contribution in [0, 0.1) is 0 Å². The number of phosphoric ester groups is 1. The van der Waals surface area contributed by atoms with Gasteiger partial charge in [-0.3, -0.25) is 13.8 Å². The van der Waals surface area contributed by atoms with Crippen molar-refractivity contribution in [3.63, 3.8) is 0 Å². The minimum Gasteiger partial charge on any atom is -0.387 e. The Morgan fingerprint density at radius 3 is 1.15 bits per heavy atom. The molecule has 0 bridgehead atoms. The fourth-order valence-corrected chi connectivity index (χ4v) is 10.1. The van der Waals surface area contributed by atoms with E-state index in [4.69, 9.17) is 9.05 Å². The number of amides is 1. The Hall–Kier alpha value is -1.80. The highest BCUT2D eigenvalue weighted by molar-refractivity contribution is 7.47. The van der Waals surface area contributed by atoms with Crippen molar-refractivity contribution in [3.05, 3.63) is 60.8 Å². The van der Waals surface area contributed by atoms with Crippen LogP contribution in [0.3, 0.4) is 0 Å². The fraction of sp³-hybridized carbons (Fsp3) is 0.833. The number of likely N-dealkylation sites (N-methyl/N-ethyl adjacent to an activating group) is 1. The highest BCUT2D eigenvalue weighted by Crippen LogP contribution is 2.43. The quantitative estimate of drug-likeness (QED) is 0.0243. The number of rotatable bonds is 59. The van der Waals surface area contributed by atoms with E-state index in [9.17, 15) is 19.4 Å². The number of phosphoric acid groups is 1. The summed E-state index contributed by atoms with van der Waals surface area (Å²) in [6.45, 7) is 4.80. The molecule has 0 radical (unpaired) electrons. The predicted octanol–water partition coefficient (Wildman–Crippen LogP) is 20.0. The lowest BCUT2D eigenvalue weighted by Gasteiger charge is -2.25. The summed E-state index contributed by atoms with van der Waals surface area (Å²) >= 11 is 0. The molecule has 3 N–H and O–H groups in total. The fourth-order valence-electron chi connectivity index (χ4n) is 9.40. The minimum absolute atomic E-state index is 0.0511. The Bertz CT molecular complexity index is 1400. The molecule has 0 spiro atoms. The zero-order valence-electron chi connectivity index (χ0n) is 50.3. The topological polar surface area (TPSA) is 105 Å². The molecule has 440 valence electrons. The Morgan fingerprint density at radius 2 is 0.773 bits per heavy atom. The Labute approximate surface area is 466 Å². The summed E-state index contributed by atoms with van der Waals surface area (Å²) in [7, 11) is 1.55. The second-order valence-electron chi connectivity index (χ2n) is 23.1. The number of nitrogens with zero attached hydrogens (tertiary/aromatic N) is 1. The number of aliphatic hydroxyl groups excluding tert-OH is 1. The van der Waals surface area contributed by atoms with E-state index in [0.29, 0.717) is 17.4 Å². The summed E-state index contributed by atoms with van der Waals surface area (Å²) < 4.78 is 23.7. The molecule has 0 aliphatic rings. The summed E-state index contributed by atoms with van der Waals surface area (Å²) in [5.74, 6) is -0.194. The van der Waals surface area contributed by atoms with Crippen LogP contribution in [-0.2, 0) is 18.4 Å². The van der Waals surface area contributed by atoms with Crippen LogP contribution in [0.1, 0.15) is 303 Å². The molecule has 0 saturated carbocycles. The van der Waals surface area contributed by atoms with Crippen LogP contribution in [0.15, 0.2) is 60.8 Å². The molecule has 0 aromatic carbocycles. The van der Waals surface area contributed by atoms with Crippen molar-refractivity contribution < 1.29 is 32.9 Å². The normalized spacial score (nSPS) is 14.2. The van der Waals surface area contributed by atoms with Crippen LogP contribution in [0.4, 0.5) is 0 Å². The lowest BCUT2D eigenvalue weighted by Crippen LogP contribution is -2.45. The van der Waals surface area contributed by atoms with Crippen LogP contribution in [-0.4, -0.2) is 73.4 Å². The van der Waals surface area contributed by atoms with Gasteiger partial charge in [-0.2, -0.15) is 0 Å². The summed E-state index contributed by atoms with van der Waals surface area (Å²) in [6, 6.07) is -0.876. The zero-order valence-corrected chi connectivity index (χ0v) is 51.2. The molecule has 3 unspecified atom stereocenters. The molecule has 0 aliphatic carbocycles. The van der Waals surface area contributed by atoms with E-state index in [0.717, 1.165) is 51.4 Å². The number of allylic oxidation sites excluding steroid dienone is 9. The van der Waals surface area contributed by atoms with Crippen molar-refractivity contribution >= 4 is 13.7 Å². The summed E-state index contributed by atoms with van der Waals surface area (Å²) in [5, 5.41) is 13.9. The lowest BCUT2D eigenvalue weighted by atomic mass is 10.0. The van der Waals surface area contributed by atoms with E-state index >= 15 is 0 Å². The molecule has 3 atom stereocenters. The van der Waals surface area contributed by atoms with Crippen LogP contribution >= 0.6 is 7.82 Å². The van der Waals surface area contributed by atoms with Gasteiger partial charge in [0.1, 0.15) is 13.2 Å². The van der Waals surface area contributed by atoms with Gasteiger partial charge >= 0.3 is 7.82 Å². The van der Waals surface area contributed by atoms with Gasteiger partial charge in [-0.15, -0.1) is 0 Å². The van der Waals surface area contributed by atoms with E-state index in [1.54, 1.807) is 6.08 Å². The first-order valence-corrected chi connectivity index (χ1v) is 33.7. The number of carbonyl (C=O) groups excluding carboxylic acids is 1. The third kappa shape index (κ3) is 59.7. The Morgan fingerprint density at radius 1 is 0.453 bits per heavy atom. The molecule has 0 fully saturated rings. The van der Waals surface area contributed by atoms with Crippen molar-refractivity contribution in [2.45, 2.75) is 315 Å². The number of hydrogen-bond donors (Lipinski definition) is 3. The molecule has 0 heterocycles. The third-order valence-electron chi connectivity index (χ3n) is 14.4. The molecular weight excluding hydrogens is 948 g/mol. The van der Waals surface area contributed by atoms with Crippen LogP contribution in [0.2, 0.25) is 0 Å². The number of carbonyl (C=O) groups is 1. The first-order valence-electron chi connectivity index (χ1n) is 32.2. The molecule has 1 amide bonds. The molecule has 0 aromatic rings. The number of nitrogens with one attached hydrogen (secondary N) is 1. The molecule has 0 rings (SSSR count). The number of aliphatic hydroxyl groups is 1. The molecule has 0 aromatic heterocycles. The number of hydrogen-bond acceptors (Lipinski definition) is 5. The average Bonchev–Trinajstić information content (AvgIpc) is 3.37. The minimum atomic E-state index is -4.37. The molecule has 0 aliphatic heterocycles. The molecule has 0 saturated heterocycles. The van der Waals surface area contributed by atoms with Crippen molar-refractivity contribution in [2.75, 3.05) is 40.9 Å². The standard InChI is InChI=1S/C66H125N2O6P/c1-6-8-10-12-14-16-18-20-22-24-26-28-29-30-31-32-33-34-35-36-37-38-40-41-43-45-47-49-51-53-55-57-59-65(69)64(63-74-75(71,72)73-62-61-68(3,4)5)67-66(70)60-58-56-54-52-50-48-46-44-42-39-27-25-23-21-19-17-15-13-11-9-7-2/h19,21,25,27,41,43,49,51,57,59,64-65,69H,6-18,20,22-24,26,28-40,42,44-48,50,52-56,58,60-63H2,1-5H3,(H-,67,70,71,72)/p+1/b21-19-,27-25-,43-41+,51-49+,59-57+. The summed E-state index contributed by atoms with van der Waals surface area (Å²) in [4.78, 5) is 23.3. The maximum Gasteiger partial charge on any atom is 0.472 e. The second kappa shape index (κ2) is 56.9. The van der Waals surface area contributed by atoms with E-state index in [-0.39, 0.29) is 19.1 Å². The first-order chi connectivity index (χ1) is 36.5. The molecule has 9 heteroatoms. The SMILES string of the molecule is CCCCCCC/C=C\C/C=C\CCCCCCCCCCCC(=O)NC(COP(=O)(O)OCC[N+](C)(C)C)C(O)/C=C/CC/C=C/CC/C=C/CCCCCCCCCCCCCCCCCCCCCCCC. The van der Waals surface area contributed by atoms with E-state index < -0.39 is 20.0 Å². The number of quaternary nitrogens is 1. The van der Waals surface area contributed by atoms with Crippen molar-refractivity contribution in [2.24, 2.45) is 0 Å². The van der Waals surface area contributed by atoms with Gasteiger partial charge < -0.3 is 19.8 Å². The highest BCUT2D eigenvalue weighted by Gasteiger charge is 2.27. The maximum absolute atomic E-state index is 13.0. The third-order valence-corrected chi connectivity index (χ3v) is 15.4. The van der Waals surface area contributed by atoms with Crippen molar-refractivity contribution in [1.82, 2.24) is 5.32 Å². The van der Waals surface area contributed by atoms with Gasteiger partial charge in [0.2, 0.25) is 5.91 Å². The summed E-state index contributed by atoms with van der Waals surface area (Å²) in [6.07, 6.45) is 77.9. The van der Waals surface area contributed by atoms with Gasteiger partial charge in [-0.25, -0.2) is 4.57 Å². The van der Waals surface area contributed by atoms with Gasteiger partial charge in [-0.1, -0.05) is 280 Å². The van der Waals surface area contributed by atoms with E-state index in [1.807, 2.05) is 27.2 Å².